The summed E-state index contributed by atoms with van der Waals surface area (Å²) in [6.45, 7) is 0. The van der Waals surface area contributed by atoms with Crippen molar-refractivity contribution < 1.29 is 56.5 Å². The Morgan fingerprint density at radius 1 is 0.842 bits per heavy atom. The van der Waals surface area contributed by atoms with Crippen molar-refractivity contribution >= 4 is 22.3 Å². The minimum atomic E-state index is -0.887. The summed E-state index contributed by atoms with van der Waals surface area (Å²) in [6.07, 6.45) is 0. The van der Waals surface area contributed by atoms with Gasteiger partial charge in [-0.25, -0.2) is 19.7 Å². The van der Waals surface area contributed by atoms with Gasteiger partial charge in [0.05, 0.1) is 6.01 Å². The van der Waals surface area contributed by atoms with Crippen molar-refractivity contribution in [2.45, 2.75) is 0 Å². The van der Waals surface area contributed by atoms with E-state index in [0.29, 0.717) is 0 Å². The third kappa shape index (κ3) is 2.37. The van der Waals surface area contributed by atoms with Crippen LogP contribution in [-0.2, 0) is 0 Å². The Kier molecular flexibility index (Phi) is 3.64. The molecule has 19 heavy (non-hydrogen) atoms. The van der Waals surface area contributed by atoms with Gasteiger partial charge < -0.3 is 10.1 Å². The Hall–Kier alpha value is -1.40. The zero-order valence-corrected chi connectivity index (χ0v) is 12.6. The summed E-state index contributed by atoms with van der Waals surface area (Å²) in [7, 11) is 0. The number of rotatable bonds is 0. The summed E-state index contributed by atoms with van der Waals surface area (Å²) >= 11 is 0. The van der Waals surface area contributed by atoms with E-state index in [9.17, 15) is 19.5 Å². The van der Waals surface area contributed by atoms with Crippen LogP contribution in [0.2, 0.25) is 0 Å². The van der Waals surface area contributed by atoms with Gasteiger partial charge in [0.25, 0.3) is 11.1 Å². The van der Waals surface area contributed by atoms with E-state index < -0.39 is 22.8 Å². The SMILES string of the molecule is O=c1[nH]c(=O)c2nc3nc([O-])[nH]c(=O)c3nc2[nH]1.[K+]. The molecule has 3 heterocycles. The first-order valence-corrected chi connectivity index (χ1v) is 4.66. The molecule has 0 saturated carbocycles. The maximum Gasteiger partial charge on any atom is 1.00 e. The number of hydrogen-bond donors (Lipinski definition) is 3. The summed E-state index contributed by atoms with van der Waals surface area (Å²) in [5.74, 6) is 0. The summed E-state index contributed by atoms with van der Waals surface area (Å²) < 4.78 is 0. The molecular weight excluding hydrogens is 283 g/mol. The first kappa shape index (κ1) is 14.0. The fraction of sp³-hybridized carbons (Fsp3) is 0. The van der Waals surface area contributed by atoms with Crippen molar-refractivity contribution in [2.24, 2.45) is 0 Å². The van der Waals surface area contributed by atoms with Gasteiger partial charge in [0, 0.05) is 0 Å². The predicted octanol–water partition coefficient (Wildman–Crippen LogP) is -5.68. The van der Waals surface area contributed by atoms with E-state index in [1.807, 2.05) is 9.97 Å². The Balaban J connectivity index is 0.00000133. The second-order valence-electron chi connectivity index (χ2n) is 3.37. The molecule has 0 aliphatic rings. The van der Waals surface area contributed by atoms with E-state index in [2.05, 4.69) is 19.9 Å². The van der Waals surface area contributed by atoms with Gasteiger partial charge >= 0.3 is 57.1 Å². The van der Waals surface area contributed by atoms with Gasteiger partial charge in [-0.3, -0.25) is 19.6 Å². The van der Waals surface area contributed by atoms with Crippen LogP contribution in [0.1, 0.15) is 0 Å². The molecule has 0 fully saturated rings. The predicted molar refractivity (Wildman–Crippen MR) is 56.1 cm³/mol. The van der Waals surface area contributed by atoms with Crippen LogP contribution in [-0.4, -0.2) is 29.9 Å². The molecule has 3 N–H and O–H groups in total. The molecule has 90 valence electrons. The van der Waals surface area contributed by atoms with E-state index in [4.69, 9.17) is 0 Å². The van der Waals surface area contributed by atoms with Crippen LogP contribution in [0.15, 0.2) is 14.4 Å². The second-order valence-corrected chi connectivity index (χ2v) is 3.37. The fourth-order valence-corrected chi connectivity index (χ4v) is 1.48. The third-order valence-corrected chi connectivity index (χ3v) is 2.19. The van der Waals surface area contributed by atoms with E-state index in [0.717, 1.165) is 0 Å². The van der Waals surface area contributed by atoms with Gasteiger partial charge in [-0.05, 0) is 0 Å². The van der Waals surface area contributed by atoms with E-state index in [1.165, 1.54) is 0 Å². The summed E-state index contributed by atoms with van der Waals surface area (Å²) in [5.41, 5.74) is -3.19. The normalized spacial score (nSPS) is 10.5. The maximum atomic E-state index is 11.4. The number of H-pyrrole nitrogens is 3. The number of nitrogens with one attached hydrogen (secondary N) is 3. The molecular formula is C8H3KN6O4. The zero-order valence-electron chi connectivity index (χ0n) is 9.47. The summed E-state index contributed by atoms with van der Waals surface area (Å²) in [5, 5.41) is 11.0. The molecule has 0 atom stereocenters. The van der Waals surface area contributed by atoms with E-state index >= 15 is 0 Å². The van der Waals surface area contributed by atoms with Crippen molar-refractivity contribution in [2.75, 3.05) is 0 Å². The van der Waals surface area contributed by atoms with Crippen LogP contribution in [0.3, 0.4) is 0 Å². The fourth-order valence-electron chi connectivity index (χ4n) is 1.48. The molecule has 3 aromatic heterocycles. The van der Waals surface area contributed by atoms with Gasteiger partial charge in [0.15, 0.2) is 22.3 Å². The van der Waals surface area contributed by atoms with Crippen molar-refractivity contribution in [1.82, 2.24) is 29.9 Å². The van der Waals surface area contributed by atoms with Crippen LogP contribution in [0.4, 0.5) is 0 Å². The smallest absolute Gasteiger partial charge is 0.846 e. The zero-order chi connectivity index (χ0) is 12.9. The minimum absolute atomic E-state index is 0. The molecule has 0 saturated heterocycles. The largest absolute Gasteiger partial charge is 1.00 e. The molecule has 10 nitrogen and oxygen atoms in total. The summed E-state index contributed by atoms with van der Waals surface area (Å²) in [4.78, 5) is 50.9. The average molecular weight is 286 g/mol. The molecule has 0 unspecified atom stereocenters. The molecule has 0 amide bonds. The molecule has 0 aromatic carbocycles. The Labute approximate surface area is 144 Å². The second kappa shape index (κ2) is 4.94. The number of nitrogens with zero attached hydrogens (tertiary/aromatic N) is 3. The van der Waals surface area contributed by atoms with Gasteiger partial charge in [-0.15, -0.1) is 0 Å². The number of aromatic amines is 3. The molecule has 3 rings (SSSR count). The first-order valence-electron chi connectivity index (χ1n) is 4.66. The van der Waals surface area contributed by atoms with Crippen LogP contribution in [0.25, 0.3) is 22.3 Å². The Morgan fingerprint density at radius 2 is 1.53 bits per heavy atom. The van der Waals surface area contributed by atoms with Crippen molar-refractivity contribution in [3.05, 3.63) is 31.2 Å². The third-order valence-electron chi connectivity index (χ3n) is 2.19. The number of hydrogen-bond acceptors (Lipinski definition) is 7. The number of aromatic nitrogens is 6. The monoisotopic (exact) mass is 286 g/mol. The molecule has 0 radical (unpaired) electrons. The first-order chi connectivity index (χ1) is 8.54. The van der Waals surface area contributed by atoms with Gasteiger partial charge in [-0.1, -0.05) is 0 Å². The average Bonchev–Trinajstić information content (AvgIpc) is 2.27. The summed E-state index contributed by atoms with van der Waals surface area (Å²) in [6, 6.07) is -0.887. The van der Waals surface area contributed by atoms with Crippen LogP contribution in [0.5, 0.6) is 6.01 Å². The van der Waals surface area contributed by atoms with Crippen molar-refractivity contribution in [3.63, 3.8) is 0 Å². The maximum absolute atomic E-state index is 11.4. The molecule has 3 aromatic rings. The minimum Gasteiger partial charge on any atom is -0.846 e. The molecule has 0 aliphatic heterocycles. The van der Waals surface area contributed by atoms with Gasteiger partial charge in [0.1, 0.15) is 0 Å². The topological polar surface area (TPSA) is 160 Å². The molecule has 0 aliphatic carbocycles. The van der Waals surface area contributed by atoms with Gasteiger partial charge in [-0.2, -0.15) is 0 Å². The van der Waals surface area contributed by atoms with Gasteiger partial charge in [0.2, 0.25) is 0 Å². The van der Waals surface area contributed by atoms with E-state index in [1.54, 1.807) is 0 Å². The van der Waals surface area contributed by atoms with Crippen molar-refractivity contribution in [1.29, 1.82) is 0 Å². The van der Waals surface area contributed by atoms with Crippen LogP contribution >= 0.6 is 0 Å². The van der Waals surface area contributed by atoms with Crippen molar-refractivity contribution in [3.8, 4) is 6.01 Å². The molecule has 0 spiro atoms. The standard InChI is InChI=1S/C8H4N6O4.K/c15-5-1-3(11-7(17)13-5)10-2-4(9-1)12-8(18)14-6(2)16;/h(H2,9,12,14,16,18)(H2,10,11,13,15,17);/q;+1/p-1. The Morgan fingerprint density at radius 3 is 2.26 bits per heavy atom. The van der Waals surface area contributed by atoms with E-state index in [-0.39, 0.29) is 73.7 Å². The van der Waals surface area contributed by atoms with Crippen LogP contribution < -0.4 is 73.3 Å². The number of fused-ring (bicyclic) bond motifs is 2. The Bertz CT molecular complexity index is 957. The van der Waals surface area contributed by atoms with Crippen LogP contribution in [0, 0.1) is 0 Å². The molecule has 11 heteroatoms. The quantitative estimate of drug-likeness (QED) is 0.274. The molecule has 0 bridgehead atoms.